The third-order valence-electron chi connectivity index (χ3n) is 4.22. The van der Waals surface area contributed by atoms with Crippen LogP contribution in [-0.2, 0) is 10.0 Å². The molecule has 0 unspecified atom stereocenters. The normalized spacial score (nSPS) is 18.1. The molecular formula is C18H16ClN3O3S. The molecule has 0 aliphatic carbocycles. The number of hydrazine groups is 1. The minimum Gasteiger partial charge on any atom is -0.463 e. The monoisotopic (exact) mass is 389 g/mol. The maximum atomic E-state index is 12.3. The quantitative estimate of drug-likeness (QED) is 0.692. The Labute approximate surface area is 156 Å². The molecule has 0 saturated heterocycles. The van der Waals surface area contributed by atoms with Crippen molar-refractivity contribution in [1.82, 2.24) is 14.8 Å². The molecule has 0 bridgehead atoms. The fourth-order valence-electron chi connectivity index (χ4n) is 3.02. The van der Waals surface area contributed by atoms with Crippen molar-refractivity contribution >= 4 is 38.2 Å². The van der Waals surface area contributed by atoms with E-state index in [0.717, 1.165) is 27.1 Å². The lowest BCUT2D eigenvalue weighted by atomic mass is 10.0. The van der Waals surface area contributed by atoms with E-state index >= 15 is 0 Å². The first-order chi connectivity index (χ1) is 12.3. The summed E-state index contributed by atoms with van der Waals surface area (Å²) in [6.45, 7) is 1.99. The van der Waals surface area contributed by atoms with Gasteiger partial charge in [0.25, 0.3) is 0 Å². The summed E-state index contributed by atoms with van der Waals surface area (Å²) in [5.74, 6) is 0.543. The van der Waals surface area contributed by atoms with Gasteiger partial charge < -0.3 is 9.84 Å². The fraction of sp³-hybridized carbons (Fsp3) is 0.167. The maximum Gasteiger partial charge on any atom is 0.228 e. The summed E-state index contributed by atoms with van der Waals surface area (Å²) in [5, 5.41) is 1.16. The zero-order chi connectivity index (χ0) is 18.5. The molecule has 1 N–H and O–H groups in total. The predicted octanol–water partition coefficient (Wildman–Crippen LogP) is 3.65. The van der Waals surface area contributed by atoms with Crippen LogP contribution in [0.2, 0.25) is 5.15 Å². The molecule has 26 heavy (non-hydrogen) atoms. The van der Waals surface area contributed by atoms with Crippen LogP contribution in [0.5, 0.6) is 0 Å². The molecule has 0 amide bonds. The van der Waals surface area contributed by atoms with Crippen molar-refractivity contribution in [2.75, 3.05) is 6.26 Å². The first-order valence-electron chi connectivity index (χ1n) is 7.91. The molecule has 134 valence electrons. The molecule has 2 aromatic heterocycles. The standard InChI is InChI=1S/C18H16ClN3O3S/c1-11-5-6-14-12(8-11)9-13(18(19)20-14)16-10-15(17-4-3-7-25-17)21-22(16)26(2,23)24/h3-10,16,21H,1-2H3/t16-/m1/s1. The Balaban J connectivity index is 1.87. The number of nitrogens with zero attached hydrogens (tertiary/aromatic N) is 2. The number of aromatic nitrogens is 1. The van der Waals surface area contributed by atoms with E-state index in [9.17, 15) is 8.42 Å². The van der Waals surface area contributed by atoms with Gasteiger partial charge in [-0.15, -0.1) is 4.41 Å². The van der Waals surface area contributed by atoms with Gasteiger partial charge in [-0.2, -0.15) is 0 Å². The second-order valence-electron chi connectivity index (χ2n) is 6.24. The second kappa shape index (κ2) is 6.12. The molecule has 0 saturated carbocycles. The molecule has 1 atom stereocenters. The number of benzene rings is 1. The van der Waals surface area contributed by atoms with Gasteiger partial charge in [-0.25, -0.2) is 13.4 Å². The molecular weight excluding hydrogens is 374 g/mol. The number of aryl methyl sites for hydroxylation is 1. The number of hydrogen-bond donors (Lipinski definition) is 1. The van der Waals surface area contributed by atoms with Crippen LogP contribution >= 0.6 is 11.6 Å². The van der Waals surface area contributed by atoms with Crippen molar-refractivity contribution in [3.63, 3.8) is 0 Å². The highest BCUT2D eigenvalue weighted by atomic mass is 35.5. The minimum atomic E-state index is -3.56. The summed E-state index contributed by atoms with van der Waals surface area (Å²) >= 11 is 6.40. The lowest BCUT2D eigenvalue weighted by Crippen LogP contribution is -2.38. The van der Waals surface area contributed by atoms with Gasteiger partial charge in [0.05, 0.1) is 29.8 Å². The van der Waals surface area contributed by atoms with Crippen LogP contribution in [0.15, 0.2) is 53.2 Å². The van der Waals surface area contributed by atoms with Crippen molar-refractivity contribution in [2.24, 2.45) is 0 Å². The Hall–Kier alpha value is -2.35. The molecule has 8 heteroatoms. The van der Waals surface area contributed by atoms with Gasteiger partial charge in [0, 0.05) is 10.9 Å². The van der Waals surface area contributed by atoms with Gasteiger partial charge in [0.15, 0.2) is 5.76 Å². The maximum absolute atomic E-state index is 12.3. The molecule has 1 aliphatic rings. The van der Waals surface area contributed by atoms with E-state index in [1.165, 1.54) is 6.26 Å². The summed E-state index contributed by atoms with van der Waals surface area (Å²) in [5.41, 5.74) is 5.90. The number of sulfonamides is 1. The van der Waals surface area contributed by atoms with Gasteiger partial charge in [0.1, 0.15) is 5.15 Å². The molecule has 0 spiro atoms. The van der Waals surface area contributed by atoms with Crippen LogP contribution in [0.1, 0.15) is 22.9 Å². The summed E-state index contributed by atoms with van der Waals surface area (Å²) in [4.78, 5) is 4.43. The molecule has 3 aromatic rings. The van der Waals surface area contributed by atoms with E-state index < -0.39 is 16.1 Å². The third kappa shape index (κ3) is 2.98. The van der Waals surface area contributed by atoms with Crippen molar-refractivity contribution in [1.29, 1.82) is 0 Å². The number of nitrogens with one attached hydrogen (secondary N) is 1. The summed E-state index contributed by atoms with van der Waals surface area (Å²) in [6, 6.07) is 10.6. The fourth-order valence-corrected chi connectivity index (χ4v) is 4.13. The highest BCUT2D eigenvalue weighted by molar-refractivity contribution is 7.88. The largest absolute Gasteiger partial charge is 0.463 e. The second-order valence-corrected chi connectivity index (χ2v) is 8.46. The number of fused-ring (bicyclic) bond motifs is 1. The lowest BCUT2D eigenvalue weighted by Gasteiger charge is -2.23. The van der Waals surface area contributed by atoms with Gasteiger partial charge in [0.2, 0.25) is 10.0 Å². The summed E-state index contributed by atoms with van der Waals surface area (Å²) in [7, 11) is -3.56. The topological polar surface area (TPSA) is 75.4 Å². The van der Waals surface area contributed by atoms with Crippen LogP contribution in [0.25, 0.3) is 16.6 Å². The molecule has 6 nitrogen and oxygen atoms in total. The zero-order valence-corrected chi connectivity index (χ0v) is 15.7. The van der Waals surface area contributed by atoms with Crippen LogP contribution in [0.3, 0.4) is 0 Å². The van der Waals surface area contributed by atoms with Gasteiger partial charge in [-0.3, -0.25) is 0 Å². The van der Waals surface area contributed by atoms with Crippen molar-refractivity contribution in [3.8, 4) is 0 Å². The lowest BCUT2D eigenvalue weighted by molar-refractivity contribution is 0.349. The van der Waals surface area contributed by atoms with E-state index in [-0.39, 0.29) is 5.15 Å². The summed E-state index contributed by atoms with van der Waals surface area (Å²) < 4.78 is 31.1. The van der Waals surface area contributed by atoms with Crippen LogP contribution in [0.4, 0.5) is 0 Å². The smallest absolute Gasteiger partial charge is 0.228 e. The van der Waals surface area contributed by atoms with Crippen LogP contribution < -0.4 is 5.43 Å². The van der Waals surface area contributed by atoms with E-state index in [4.69, 9.17) is 16.0 Å². The third-order valence-corrected chi connectivity index (χ3v) is 5.56. The van der Waals surface area contributed by atoms with Gasteiger partial charge in [-0.05, 0) is 43.3 Å². The molecule has 4 rings (SSSR count). The van der Waals surface area contributed by atoms with Gasteiger partial charge >= 0.3 is 0 Å². The highest BCUT2D eigenvalue weighted by Gasteiger charge is 2.35. The van der Waals surface area contributed by atoms with E-state index in [0.29, 0.717) is 17.0 Å². The minimum absolute atomic E-state index is 0.263. The Kier molecular flexibility index (Phi) is 4.02. The average molecular weight is 390 g/mol. The van der Waals surface area contributed by atoms with Crippen molar-refractivity contribution in [2.45, 2.75) is 13.0 Å². The average Bonchev–Trinajstić information content (AvgIpc) is 3.23. The first-order valence-corrected chi connectivity index (χ1v) is 10.1. The number of halogens is 1. The SMILES string of the molecule is Cc1ccc2nc(Cl)c([C@H]3C=C(c4ccco4)NN3S(C)(=O)=O)cc2c1. The highest BCUT2D eigenvalue weighted by Crippen LogP contribution is 2.37. The number of furan rings is 1. The number of rotatable bonds is 3. The molecule has 0 radical (unpaired) electrons. The Morgan fingerprint density at radius 1 is 1.27 bits per heavy atom. The van der Waals surface area contributed by atoms with E-state index in [2.05, 4.69) is 10.4 Å². The predicted molar refractivity (Wildman–Crippen MR) is 101 cm³/mol. The first kappa shape index (κ1) is 17.1. The molecule has 3 heterocycles. The molecule has 1 aromatic carbocycles. The van der Waals surface area contributed by atoms with Gasteiger partial charge in [-0.1, -0.05) is 23.2 Å². The molecule has 1 aliphatic heterocycles. The van der Waals surface area contributed by atoms with Crippen molar-refractivity contribution < 1.29 is 12.8 Å². The number of hydrogen-bond acceptors (Lipinski definition) is 5. The Morgan fingerprint density at radius 2 is 2.08 bits per heavy atom. The van der Waals surface area contributed by atoms with E-state index in [1.807, 2.05) is 31.2 Å². The van der Waals surface area contributed by atoms with Crippen LogP contribution in [0, 0.1) is 6.92 Å². The Morgan fingerprint density at radius 3 is 2.77 bits per heavy atom. The van der Waals surface area contributed by atoms with E-state index in [1.54, 1.807) is 18.2 Å². The zero-order valence-electron chi connectivity index (χ0n) is 14.1. The number of pyridine rings is 1. The Bertz CT molecular complexity index is 1120. The molecule has 0 fully saturated rings. The van der Waals surface area contributed by atoms with Crippen LogP contribution in [-0.4, -0.2) is 24.1 Å². The van der Waals surface area contributed by atoms with Crippen molar-refractivity contribution in [3.05, 3.63) is 70.8 Å². The summed E-state index contributed by atoms with van der Waals surface area (Å²) in [6.07, 6.45) is 4.44.